The quantitative estimate of drug-likeness (QED) is 0.693. The van der Waals surface area contributed by atoms with E-state index in [0.717, 1.165) is 36.1 Å². The molecule has 1 amide bonds. The van der Waals surface area contributed by atoms with Crippen LogP contribution in [0.1, 0.15) is 57.9 Å². The Labute approximate surface area is 165 Å². The van der Waals surface area contributed by atoms with Gasteiger partial charge in [-0.1, -0.05) is 49.2 Å². The molecule has 2 aromatic rings. The molecule has 1 atom stereocenters. The maximum Gasteiger partial charge on any atom is 0.230 e. The standard InChI is InChI=1S/C20H28N4O2S/c1-3-24-19(15(2)26-17-12-8-5-9-13-17)22-23-20(24)27-14-18(25)21-16-10-6-4-7-11-16/h5,8-9,12-13,15-16H,3-4,6-7,10-11,14H2,1-2H3,(H,21,25)/t15-/m0/s1. The number of amides is 1. The number of benzene rings is 1. The van der Waals surface area contributed by atoms with Gasteiger partial charge in [-0.3, -0.25) is 4.79 Å². The molecule has 146 valence electrons. The molecule has 0 radical (unpaired) electrons. The summed E-state index contributed by atoms with van der Waals surface area (Å²) in [5.74, 6) is 2.02. The van der Waals surface area contributed by atoms with Crippen LogP contribution in [0.25, 0.3) is 0 Å². The number of para-hydroxylation sites is 1. The molecule has 0 unspecified atom stereocenters. The second-order valence-corrected chi connectivity index (χ2v) is 7.79. The predicted octanol–water partition coefficient (Wildman–Crippen LogP) is 3.98. The van der Waals surface area contributed by atoms with Crippen LogP contribution in [0.5, 0.6) is 5.75 Å². The van der Waals surface area contributed by atoms with Crippen molar-refractivity contribution in [3.8, 4) is 5.75 Å². The lowest BCUT2D eigenvalue weighted by Crippen LogP contribution is -2.37. The zero-order chi connectivity index (χ0) is 19.1. The molecule has 0 saturated heterocycles. The van der Waals surface area contributed by atoms with Crippen LogP contribution in [-0.4, -0.2) is 32.5 Å². The normalized spacial score (nSPS) is 16.1. The van der Waals surface area contributed by atoms with Crippen LogP contribution in [0.2, 0.25) is 0 Å². The zero-order valence-electron chi connectivity index (χ0n) is 16.1. The van der Waals surface area contributed by atoms with Crippen molar-refractivity contribution in [2.24, 2.45) is 0 Å². The molecule has 3 rings (SSSR count). The SMILES string of the molecule is CCn1c(SCC(=O)NC2CCCCC2)nnc1[C@H](C)Oc1ccccc1. The molecule has 1 N–H and O–H groups in total. The summed E-state index contributed by atoms with van der Waals surface area (Å²) in [5.41, 5.74) is 0. The summed E-state index contributed by atoms with van der Waals surface area (Å²) in [6, 6.07) is 10.0. The molecular weight excluding hydrogens is 360 g/mol. The van der Waals surface area contributed by atoms with E-state index < -0.39 is 0 Å². The van der Waals surface area contributed by atoms with Gasteiger partial charge in [-0.25, -0.2) is 0 Å². The van der Waals surface area contributed by atoms with Crippen molar-refractivity contribution in [1.82, 2.24) is 20.1 Å². The number of hydrogen-bond acceptors (Lipinski definition) is 5. The molecule has 1 fully saturated rings. The predicted molar refractivity (Wildman–Crippen MR) is 107 cm³/mol. The minimum atomic E-state index is -0.217. The summed E-state index contributed by atoms with van der Waals surface area (Å²) in [6.07, 6.45) is 5.69. The van der Waals surface area contributed by atoms with E-state index in [1.165, 1.54) is 31.0 Å². The summed E-state index contributed by atoms with van der Waals surface area (Å²) < 4.78 is 7.99. The van der Waals surface area contributed by atoms with E-state index in [9.17, 15) is 4.79 Å². The van der Waals surface area contributed by atoms with Crippen molar-refractivity contribution < 1.29 is 9.53 Å². The molecule has 1 heterocycles. The fourth-order valence-electron chi connectivity index (χ4n) is 3.41. The van der Waals surface area contributed by atoms with Crippen molar-refractivity contribution in [3.63, 3.8) is 0 Å². The third-order valence-corrected chi connectivity index (χ3v) is 5.75. The van der Waals surface area contributed by atoms with Crippen molar-refractivity contribution in [3.05, 3.63) is 36.2 Å². The molecular formula is C20H28N4O2S. The second kappa shape index (κ2) is 9.78. The highest BCUT2D eigenvalue weighted by Gasteiger charge is 2.20. The minimum Gasteiger partial charge on any atom is -0.483 e. The van der Waals surface area contributed by atoms with E-state index in [-0.39, 0.29) is 12.0 Å². The van der Waals surface area contributed by atoms with Gasteiger partial charge in [0, 0.05) is 12.6 Å². The largest absolute Gasteiger partial charge is 0.483 e. The second-order valence-electron chi connectivity index (χ2n) is 6.85. The number of rotatable bonds is 8. The van der Waals surface area contributed by atoms with E-state index in [0.29, 0.717) is 11.8 Å². The van der Waals surface area contributed by atoms with E-state index in [1.807, 2.05) is 48.7 Å². The van der Waals surface area contributed by atoms with Crippen molar-refractivity contribution >= 4 is 17.7 Å². The molecule has 6 nitrogen and oxygen atoms in total. The van der Waals surface area contributed by atoms with Crippen LogP contribution in [0.15, 0.2) is 35.5 Å². The highest BCUT2D eigenvalue weighted by molar-refractivity contribution is 7.99. The van der Waals surface area contributed by atoms with Gasteiger partial charge in [0.1, 0.15) is 5.75 Å². The Balaban J connectivity index is 1.57. The van der Waals surface area contributed by atoms with Gasteiger partial charge in [0.05, 0.1) is 5.75 Å². The zero-order valence-corrected chi connectivity index (χ0v) is 16.9. The Morgan fingerprint density at radius 2 is 2.00 bits per heavy atom. The summed E-state index contributed by atoms with van der Waals surface area (Å²) >= 11 is 1.43. The lowest BCUT2D eigenvalue weighted by Gasteiger charge is -2.22. The van der Waals surface area contributed by atoms with Gasteiger partial charge in [0.25, 0.3) is 0 Å². The maximum atomic E-state index is 12.3. The summed E-state index contributed by atoms with van der Waals surface area (Å²) in [4.78, 5) is 12.3. The van der Waals surface area contributed by atoms with Gasteiger partial charge in [-0.15, -0.1) is 10.2 Å². The first-order chi connectivity index (χ1) is 13.2. The highest BCUT2D eigenvalue weighted by atomic mass is 32.2. The first-order valence-electron chi connectivity index (χ1n) is 9.74. The number of nitrogens with zero attached hydrogens (tertiary/aromatic N) is 3. The van der Waals surface area contributed by atoms with Crippen LogP contribution in [0.3, 0.4) is 0 Å². The molecule has 1 aromatic heterocycles. The number of thioether (sulfide) groups is 1. The lowest BCUT2D eigenvalue weighted by atomic mass is 9.95. The topological polar surface area (TPSA) is 69.0 Å². The number of carbonyl (C=O) groups excluding carboxylic acids is 1. The van der Waals surface area contributed by atoms with Gasteiger partial charge in [-0.05, 0) is 38.8 Å². The minimum absolute atomic E-state index is 0.0766. The van der Waals surface area contributed by atoms with Gasteiger partial charge < -0.3 is 14.6 Å². The van der Waals surface area contributed by atoms with Crippen LogP contribution >= 0.6 is 11.8 Å². The number of hydrogen-bond donors (Lipinski definition) is 1. The Morgan fingerprint density at radius 3 is 2.70 bits per heavy atom. The van der Waals surface area contributed by atoms with Crippen molar-refractivity contribution in [1.29, 1.82) is 0 Å². The molecule has 1 aliphatic carbocycles. The van der Waals surface area contributed by atoms with E-state index >= 15 is 0 Å². The van der Waals surface area contributed by atoms with Gasteiger partial charge in [-0.2, -0.15) is 0 Å². The van der Waals surface area contributed by atoms with E-state index in [2.05, 4.69) is 15.5 Å². The fraction of sp³-hybridized carbons (Fsp3) is 0.550. The molecule has 7 heteroatoms. The maximum absolute atomic E-state index is 12.3. The van der Waals surface area contributed by atoms with Gasteiger partial charge >= 0.3 is 0 Å². The van der Waals surface area contributed by atoms with E-state index in [4.69, 9.17) is 4.74 Å². The molecule has 0 aliphatic heterocycles. The van der Waals surface area contributed by atoms with Crippen LogP contribution < -0.4 is 10.1 Å². The third-order valence-electron chi connectivity index (χ3n) is 4.78. The van der Waals surface area contributed by atoms with Gasteiger partial charge in [0.15, 0.2) is 17.1 Å². The number of carbonyl (C=O) groups is 1. The summed E-state index contributed by atoms with van der Waals surface area (Å²) in [5, 5.41) is 12.5. The molecule has 0 bridgehead atoms. The Hall–Kier alpha value is -2.02. The number of nitrogens with one attached hydrogen (secondary N) is 1. The Morgan fingerprint density at radius 1 is 1.26 bits per heavy atom. The Kier molecular flexibility index (Phi) is 7.15. The summed E-state index contributed by atoms with van der Waals surface area (Å²) in [6.45, 7) is 4.75. The average Bonchev–Trinajstić information content (AvgIpc) is 3.11. The first-order valence-corrected chi connectivity index (χ1v) is 10.7. The molecule has 1 aliphatic rings. The fourth-order valence-corrected chi connectivity index (χ4v) is 4.23. The molecule has 1 aromatic carbocycles. The monoisotopic (exact) mass is 388 g/mol. The highest BCUT2D eigenvalue weighted by Crippen LogP contribution is 2.24. The van der Waals surface area contributed by atoms with Crippen LogP contribution in [0.4, 0.5) is 0 Å². The molecule has 1 saturated carbocycles. The lowest BCUT2D eigenvalue weighted by molar-refractivity contribution is -0.119. The third kappa shape index (κ3) is 5.48. The van der Waals surface area contributed by atoms with Crippen LogP contribution in [0, 0.1) is 0 Å². The Bertz CT molecular complexity index is 729. The van der Waals surface area contributed by atoms with Crippen LogP contribution in [-0.2, 0) is 11.3 Å². The summed E-state index contributed by atoms with van der Waals surface area (Å²) in [7, 11) is 0. The molecule has 0 spiro atoms. The van der Waals surface area contributed by atoms with E-state index in [1.54, 1.807) is 0 Å². The number of aromatic nitrogens is 3. The van der Waals surface area contributed by atoms with Crippen molar-refractivity contribution in [2.45, 2.75) is 69.8 Å². The van der Waals surface area contributed by atoms with Crippen molar-refractivity contribution in [2.75, 3.05) is 5.75 Å². The number of ether oxygens (including phenoxy) is 1. The first kappa shape index (κ1) is 19.7. The molecule has 27 heavy (non-hydrogen) atoms. The average molecular weight is 389 g/mol. The smallest absolute Gasteiger partial charge is 0.230 e. The van der Waals surface area contributed by atoms with Gasteiger partial charge in [0.2, 0.25) is 5.91 Å².